The van der Waals surface area contributed by atoms with Gasteiger partial charge < -0.3 is 16.8 Å². The zero-order chi connectivity index (χ0) is 19.4. The third-order valence-electron chi connectivity index (χ3n) is 4.06. The second-order valence-corrected chi connectivity index (χ2v) is 5.89. The van der Waals surface area contributed by atoms with E-state index in [-0.39, 0.29) is 17.0 Å². The topological polar surface area (TPSA) is 115 Å². The molecule has 27 heavy (non-hydrogen) atoms. The second-order valence-electron chi connectivity index (χ2n) is 5.89. The van der Waals surface area contributed by atoms with Crippen LogP contribution in [0.4, 0.5) is 5.69 Å². The van der Waals surface area contributed by atoms with Gasteiger partial charge in [0.05, 0.1) is 0 Å². The lowest BCUT2D eigenvalue weighted by Crippen LogP contribution is -2.15. The van der Waals surface area contributed by atoms with Gasteiger partial charge in [0, 0.05) is 22.4 Å². The number of carbonyl (C=O) groups is 3. The maximum Gasteiger partial charge on any atom is 0.255 e. The molecule has 5 N–H and O–H groups in total. The van der Waals surface area contributed by atoms with Gasteiger partial charge in [0.1, 0.15) is 0 Å². The highest BCUT2D eigenvalue weighted by molar-refractivity contribution is 6.05. The number of amides is 3. The minimum atomic E-state index is -0.609. The van der Waals surface area contributed by atoms with Crippen LogP contribution in [0.3, 0.4) is 0 Å². The van der Waals surface area contributed by atoms with E-state index >= 15 is 0 Å². The highest BCUT2D eigenvalue weighted by atomic mass is 16.2. The molecule has 0 aliphatic carbocycles. The summed E-state index contributed by atoms with van der Waals surface area (Å²) in [6.45, 7) is 0. The van der Waals surface area contributed by atoms with E-state index in [2.05, 4.69) is 5.32 Å². The van der Waals surface area contributed by atoms with E-state index in [4.69, 9.17) is 11.5 Å². The van der Waals surface area contributed by atoms with Crippen molar-refractivity contribution in [1.29, 1.82) is 0 Å². The first-order valence-corrected chi connectivity index (χ1v) is 8.16. The lowest BCUT2D eigenvalue weighted by atomic mass is 9.96. The third kappa shape index (κ3) is 4.01. The van der Waals surface area contributed by atoms with Crippen LogP contribution in [0.2, 0.25) is 0 Å². The van der Waals surface area contributed by atoms with Gasteiger partial charge in [-0.2, -0.15) is 0 Å². The minimum Gasteiger partial charge on any atom is -0.366 e. The molecule has 0 atom stereocenters. The molecule has 0 unspecified atom stereocenters. The number of hydrogen-bond acceptors (Lipinski definition) is 3. The van der Waals surface area contributed by atoms with Gasteiger partial charge in [-0.25, -0.2) is 0 Å². The number of nitrogens with one attached hydrogen (secondary N) is 1. The monoisotopic (exact) mass is 359 g/mol. The molecule has 0 bridgehead atoms. The summed E-state index contributed by atoms with van der Waals surface area (Å²) in [5.41, 5.74) is 13.6. The lowest BCUT2D eigenvalue weighted by molar-refractivity contribution is 0.0989. The van der Waals surface area contributed by atoms with E-state index in [1.165, 1.54) is 18.2 Å². The van der Waals surface area contributed by atoms with Crippen molar-refractivity contribution in [3.05, 3.63) is 89.5 Å². The van der Waals surface area contributed by atoms with Gasteiger partial charge in [0.2, 0.25) is 11.8 Å². The van der Waals surface area contributed by atoms with Gasteiger partial charge in [-0.05, 0) is 53.6 Å². The summed E-state index contributed by atoms with van der Waals surface area (Å²) < 4.78 is 0. The van der Waals surface area contributed by atoms with E-state index in [1.54, 1.807) is 48.5 Å². The van der Waals surface area contributed by atoms with E-state index in [0.717, 1.165) is 0 Å². The van der Waals surface area contributed by atoms with Crippen LogP contribution in [-0.4, -0.2) is 17.7 Å². The van der Waals surface area contributed by atoms with Crippen molar-refractivity contribution in [2.24, 2.45) is 11.5 Å². The Morgan fingerprint density at radius 2 is 1.37 bits per heavy atom. The largest absolute Gasteiger partial charge is 0.366 e. The van der Waals surface area contributed by atoms with Gasteiger partial charge in [0.15, 0.2) is 0 Å². The Balaban J connectivity index is 1.89. The van der Waals surface area contributed by atoms with E-state index < -0.39 is 11.8 Å². The predicted molar refractivity (Wildman–Crippen MR) is 103 cm³/mol. The second kappa shape index (κ2) is 7.53. The van der Waals surface area contributed by atoms with Crippen LogP contribution in [0, 0.1) is 0 Å². The molecular weight excluding hydrogens is 342 g/mol. The molecule has 0 spiro atoms. The molecule has 0 heterocycles. The number of rotatable bonds is 5. The summed E-state index contributed by atoms with van der Waals surface area (Å²) in [6.07, 6.45) is 0. The van der Waals surface area contributed by atoms with Crippen molar-refractivity contribution in [2.75, 3.05) is 5.32 Å². The Bertz CT molecular complexity index is 1010. The van der Waals surface area contributed by atoms with Crippen molar-refractivity contribution < 1.29 is 14.4 Å². The van der Waals surface area contributed by atoms with Gasteiger partial charge in [-0.3, -0.25) is 14.4 Å². The summed E-state index contributed by atoms with van der Waals surface area (Å²) >= 11 is 0. The molecule has 6 nitrogen and oxygen atoms in total. The number of carbonyl (C=O) groups excluding carboxylic acids is 3. The van der Waals surface area contributed by atoms with Crippen molar-refractivity contribution in [3.8, 4) is 11.1 Å². The molecule has 134 valence electrons. The van der Waals surface area contributed by atoms with Crippen LogP contribution in [0.5, 0.6) is 0 Å². The SMILES string of the molecule is NC(=O)c1ccc(C(N)=O)c(-c2ccc(NC(=O)c3ccccc3)cc2)c1. The molecule has 3 aromatic rings. The lowest BCUT2D eigenvalue weighted by Gasteiger charge is -2.10. The summed E-state index contributed by atoms with van der Waals surface area (Å²) in [5, 5.41) is 2.80. The molecule has 0 saturated carbocycles. The highest BCUT2D eigenvalue weighted by Crippen LogP contribution is 2.26. The number of nitrogens with two attached hydrogens (primary N) is 2. The number of primary amides is 2. The molecule has 0 aliphatic heterocycles. The standard InChI is InChI=1S/C21H17N3O3/c22-19(25)15-8-11-17(20(23)26)18(12-15)13-6-9-16(10-7-13)24-21(27)14-4-2-1-3-5-14/h1-12H,(H2,22,25)(H2,23,26)(H,24,27). The smallest absolute Gasteiger partial charge is 0.255 e. The van der Waals surface area contributed by atoms with Gasteiger partial charge in [-0.1, -0.05) is 30.3 Å². The van der Waals surface area contributed by atoms with Crippen molar-refractivity contribution in [1.82, 2.24) is 0 Å². The zero-order valence-electron chi connectivity index (χ0n) is 14.3. The fourth-order valence-corrected chi connectivity index (χ4v) is 2.68. The molecule has 0 fully saturated rings. The third-order valence-corrected chi connectivity index (χ3v) is 4.06. The predicted octanol–water partition coefficient (Wildman–Crippen LogP) is 2.80. The van der Waals surface area contributed by atoms with Gasteiger partial charge in [0.25, 0.3) is 5.91 Å². The van der Waals surface area contributed by atoms with Crippen molar-refractivity contribution in [2.45, 2.75) is 0 Å². The quantitative estimate of drug-likeness (QED) is 0.650. The van der Waals surface area contributed by atoms with Crippen LogP contribution in [-0.2, 0) is 0 Å². The average molecular weight is 359 g/mol. The number of anilines is 1. The van der Waals surface area contributed by atoms with Crippen LogP contribution in [0.15, 0.2) is 72.8 Å². The summed E-state index contributed by atoms with van der Waals surface area (Å²) in [4.78, 5) is 35.3. The molecule has 6 heteroatoms. The molecular formula is C21H17N3O3. The minimum absolute atomic E-state index is 0.225. The average Bonchev–Trinajstić information content (AvgIpc) is 2.68. The Kier molecular flexibility index (Phi) is 4.99. The number of benzene rings is 3. The molecule has 3 rings (SSSR count). The Labute approximate surface area is 155 Å². The molecule has 0 aliphatic rings. The van der Waals surface area contributed by atoms with Crippen molar-refractivity contribution >= 4 is 23.4 Å². The molecule has 0 aromatic heterocycles. The summed E-state index contributed by atoms with van der Waals surface area (Å²) in [6, 6.07) is 20.2. The Morgan fingerprint density at radius 1 is 0.704 bits per heavy atom. The molecule has 3 aromatic carbocycles. The molecule has 0 radical (unpaired) electrons. The zero-order valence-corrected chi connectivity index (χ0v) is 14.3. The van der Waals surface area contributed by atoms with Gasteiger partial charge in [-0.15, -0.1) is 0 Å². The van der Waals surface area contributed by atoms with Crippen LogP contribution < -0.4 is 16.8 Å². The fourth-order valence-electron chi connectivity index (χ4n) is 2.68. The van der Waals surface area contributed by atoms with E-state index in [1.807, 2.05) is 6.07 Å². The van der Waals surface area contributed by atoms with Crippen LogP contribution in [0.25, 0.3) is 11.1 Å². The summed E-state index contributed by atoms with van der Waals surface area (Å²) in [7, 11) is 0. The Morgan fingerprint density at radius 3 is 1.96 bits per heavy atom. The fraction of sp³-hybridized carbons (Fsp3) is 0. The normalized spacial score (nSPS) is 10.2. The number of hydrogen-bond donors (Lipinski definition) is 3. The van der Waals surface area contributed by atoms with E-state index in [9.17, 15) is 14.4 Å². The first kappa shape index (κ1) is 17.9. The maximum atomic E-state index is 12.2. The molecule has 3 amide bonds. The van der Waals surface area contributed by atoms with Crippen LogP contribution in [0.1, 0.15) is 31.1 Å². The molecule has 0 saturated heterocycles. The first-order valence-electron chi connectivity index (χ1n) is 8.16. The van der Waals surface area contributed by atoms with Crippen LogP contribution >= 0.6 is 0 Å². The van der Waals surface area contributed by atoms with Crippen molar-refractivity contribution in [3.63, 3.8) is 0 Å². The Hall–Kier alpha value is -3.93. The van der Waals surface area contributed by atoms with Gasteiger partial charge >= 0.3 is 0 Å². The maximum absolute atomic E-state index is 12.2. The highest BCUT2D eigenvalue weighted by Gasteiger charge is 2.13. The van der Waals surface area contributed by atoms with E-state index in [0.29, 0.717) is 22.4 Å². The first-order chi connectivity index (χ1) is 13.0. The summed E-state index contributed by atoms with van der Waals surface area (Å²) in [5.74, 6) is -1.43.